The number of aromatic nitrogens is 3. The minimum atomic E-state index is -0.106. The van der Waals surface area contributed by atoms with Gasteiger partial charge in [0.1, 0.15) is 0 Å². The minimum absolute atomic E-state index is 0.106. The molecule has 5 heteroatoms. The number of aryl methyl sites for hydroxylation is 1. The molecule has 0 fully saturated rings. The van der Waals surface area contributed by atoms with Gasteiger partial charge in [-0.05, 0) is 40.5 Å². The molecule has 0 aliphatic heterocycles. The summed E-state index contributed by atoms with van der Waals surface area (Å²) in [4.78, 5) is 15.6. The maximum absolute atomic E-state index is 11.5. The van der Waals surface area contributed by atoms with Gasteiger partial charge in [0.05, 0.1) is 12.2 Å². The van der Waals surface area contributed by atoms with Gasteiger partial charge in [0.15, 0.2) is 0 Å². The summed E-state index contributed by atoms with van der Waals surface area (Å²) in [6, 6.07) is 5.15. The average Bonchev–Trinajstić information content (AvgIpc) is 2.24. The van der Waals surface area contributed by atoms with Crippen LogP contribution in [0.2, 0.25) is 0 Å². The monoisotopic (exact) mass is 279 g/mol. The van der Waals surface area contributed by atoms with Crippen LogP contribution < -0.4 is 5.56 Å². The fourth-order valence-corrected chi connectivity index (χ4v) is 1.79. The molecule has 2 aromatic heterocycles. The van der Waals surface area contributed by atoms with Crippen LogP contribution in [0.25, 0.3) is 0 Å². The van der Waals surface area contributed by atoms with Gasteiger partial charge in [-0.1, -0.05) is 0 Å². The second-order valence-electron chi connectivity index (χ2n) is 3.48. The quantitative estimate of drug-likeness (QED) is 0.842. The zero-order valence-corrected chi connectivity index (χ0v) is 10.3. The van der Waals surface area contributed by atoms with Gasteiger partial charge in [0.2, 0.25) is 0 Å². The summed E-state index contributed by atoms with van der Waals surface area (Å²) >= 11 is 3.34. The third kappa shape index (κ3) is 2.55. The zero-order chi connectivity index (χ0) is 11.5. The number of pyridine rings is 1. The van der Waals surface area contributed by atoms with Crippen molar-refractivity contribution in [2.75, 3.05) is 0 Å². The number of hydrogen-bond donors (Lipinski definition) is 0. The number of rotatable bonds is 2. The Morgan fingerprint density at radius 2 is 2.19 bits per heavy atom. The SMILES string of the molecule is Cc1ccc(=O)n(Cc2cncc(Br)c2)n1. The van der Waals surface area contributed by atoms with Crippen LogP contribution in [-0.4, -0.2) is 14.8 Å². The molecule has 2 rings (SSSR count). The first kappa shape index (κ1) is 11.0. The summed E-state index contributed by atoms with van der Waals surface area (Å²) in [6.45, 7) is 2.29. The van der Waals surface area contributed by atoms with Gasteiger partial charge < -0.3 is 0 Å². The topological polar surface area (TPSA) is 47.8 Å². The Kier molecular flexibility index (Phi) is 3.14. The number of halogens is 1. The predicted molar refractivity (Wildman–Crippen MR) is 64.3 cm³/mol. The van der Waals surface area contributed by atoms with Crippen molar-refractivity contribution < 1.29 is 0 Å². The van der Waals surface area contributed by atoms with Crippen LogP contribution >= 0.6 is 15.9 Å². The van der Waals surface area contributed by atoms with Crippen LogP contribution in [0, 0.1) is 6.92 Å². The summed E-state index contributed by atoms with van der Waals surface area (Å²) < 4.78 is 2.32. The van der Waals surface area contributed by atoms with Crippen LogP contribution in [0.1, 0.15) is 11.3 Å². The maximum Gasteiger partial charge on any atom is 0.267 e. The van der Waals surface area contributed by atoms with Gasteiger partial charge in [0, 0.05) is 22.9 Å². The van der Waals surface area contributed by atoms with Crippen molar-refractivity contribution in [2.45, 2.75) is 13.5 Å². The molecule has 0 spiro atoms. The molecule has 0 bridgehead atoms. The van der Waals surface area contributed by atoms with E-state index in [1.165, 1.54) is 10.7 Å². The van der Waals surface area contributed by atoms with Crippen LogP contribution in [0.5, 0.6) is 0 Å². The molecule has 0 radical (unpaired) electrons. The molecule has 0 N–H and O–H groups in total. The van der Waals surface area contributed by atoms with Crippen molar-refractivity contribution in [3.63, 3.8) is 0 Å². The molecule has 0 unspecified atom stereocenters. The van der Waals surface area contributed by atoms with Gasteiger partial charge in [-0.25, -0.2) is 4.68 Å². The molecule has 2 heterocycles. The Labute approximate surface area is 101 Å². The third-order valence-electron chi connectivity index (χ3n) is 2.09. The first-order valence-corrected chi connectivity index (χ1v) is 5.58. The molecule has 16 heavy (non-hydrogen) atoms. The number of nitrogens with zero attached hydrogens (tertiary/aromatic N) is 3. The molecule has 4 nitrogen and oxygen atoms in total. The Balaban J connectivity index is 2.34. The summed E-state index contributed by atoms with van der Waals surface area (Å²) in [5.41, 5.74) is 1.66. The van der Waals surface area contributed by atoms with E-state index in [9.17, 15) is 4.79 Å². The summed E-state index contributed by atoms with van der Waals surface area (Å²) in [5, 5.41) is 4.16. The largest absolute Gasteiger partial charge is 0.268 e. The predicted octanol–water partition coefficient (Wildman–Crippen LogP) is 1.76. The summed E-state index contributed by atoms with van der Waals surface area (Å²) in [5.74, 6) is 0. The Morgan fingerprint density at radius 1 is 1.38 bits per heavy atom. The van der Waals surface area contributed by atoms with Crippen LogP contribution in [0.15, 0.2) is 39.9 Å². The van der Waals surface area contributed by atoms with Crippen molar-refractivity contribution in [2.24, 2.45) is 0 Å². The molecule has 82 valence electrons. The normalized spacial score (nSPS) is 10.4. The van der Waals surface area contributed by atoms with Crippen LogP contribution in [0.3, 0.4) is 0 Å². The van der Waals surface area contributed by atoms with E-state index in [1.807, 2.05) is 13.0 Å². The van der Waals surface area contributed by atoms with Gasteiger partial charge >= 0.3 is 0 Å². The highest BCUT2D eigenvalue weighted by molar-refractivity contribution is 9.10. The Bertz CT molecular complexity index is 565. The van der Waals surface area contributed by atoms with E-state index in [4.69, 9.17) is 0 Å². The maximum atomic E-state index is 11.5. The summed E-state index contributed by atoms with van der Waals surface area (Å²) in [7, 11) is 0. The fourth-order valence-electron chi connectivity index (χ4n) is 1.38. The highest BCUT2D eigenvalue weighted by Crippen LogP contribution is 2.09. The highest BCUT2D eigenvalue weighted by Gasteiger charge is 2.00. The third-order valence-corrected chi connectivity index (χ3v) is 2.53. The molecule has 0 saturated heterocycles. The van der Waals surface area contributed by atoms with Gasteiger partial charge in [-0.2, -0.15) is 5.10 Å². The van der Waals surface area contributed by atoms with Gasteiger partial charge in [0.25, 0.3) is 5.56 Å². The smallest absolute Gasteiger partial charge is 0.267 e. The van der Waals surface area contributed by atoms with Crippen molar-refractivity contribution in [1.82, 2.24) is 14.8 Å². The van der Waals surface area contributed by atoms with E-state index in [1.54, 1.807) is 18.5 Å². The lowest BCUT2D eigenvalue weighted by Gasteiger charge is -2.04. The first-order valence-electron chi connectivity index (χ1n) is 4.79. The van der Waals surface area contributed by atoms with Crippen molar-refractivity contribution in [3.8, 4) is 0 Å². The van der Waals surface area contributed by atoms with Gasteiger partial charge in [-0.3, -0.25) is 9.78 Å². The van der Waals surface area contributed by atoms with Crippen LogP contribution in [-0.2, 0) is 6.54 Å². The van der Waals surface area contributed by atoms with E-state index in [0.29, 0.717) is 6.54 Å². The Hall–Kier alpha value is -1.49. The van der Waals surface area contributed by atoms with E-state index < -0.39 is 0 Å². The lowest BCUT2D eigenvalue weighted by molar-refractivity contribution is 0.627. The lowest BCUT2D eigenvalue weighted by atomic mass is 10.3. The molecule has 0 aliphatic rings. The molecule has 0 saturated carbocycles. The highest BCUT2D eigenvalue weighted by atomic mass is 79.9. The lowest BCUT2D eigenvalue weighted by Crippen LogP contribution is -2.23. The molecule has 2 aromatic rings. The first-order chi connectivity index (χ1) is 7.65. The van der Waals surface area contributed by atoms with Crippen molar-refractivity contribution >= 4 is 15.9 Å². The molecule has 0 aromatic carbocycles. The van der Waals surface area contributed by atoms with E-state index in [2.05, 4.69) is 26.0 Å². The van der Waals surface area contributed by atoms with Crippen molar-refractivity contribution in [1.29, 1.82) is 0 Å². The average molecular weight is 280 g/mol. The molecular weight excluding hydrogens is 270 g/mol. The van der Waals surface area contributed by atoms with E-state index in [-0.39, 0.29) is 5.56 Å². The second kappa shape index (κ2) is 4.57. The van der Waals surface area contributed by atoms with E-state index >= 15 is 0 Å². The molecular formula is C11H10BrN3O. The van der Waals surface area contributed by atoms with Crippen molar-refractivity contribution in [3.05, 3.63) is 56.7 Å². The standard InChI is InChI=1S/C11H10BrN3O/c1-8-2-3-11(16)15(14-8)7-9-4-10(12)6-13-5-9/h2-6H,7H2,1H3. The molecule has 0 amide bonds. The van der Waals surface area contributed by atoms with Crippen LogP contribution in [0.4, 0.5) is 0 Å². The van der Waals surface area contributed by atoms with E-state index in [0.717, 1.165) is 15.7 Å². The minimum Gasteiger partial charge on any atom is -0.268 e. The number of hydrogen-bond acceptors (Lipinski definition) is 3. The van der Waals surface area contributed by atoms with Gasteiger partial charge in [-0.15, -0.1) is 0 Å². The zero-order valence-electron chi connectivity index (χ0n) is 8.72. The second-order valence-corrected chi connectivity index (χ2v) is 4.40. The Morgan fingerprint density at radius 3 is 2.94 bits per heavy atom. The fraction of sp³-hybridized carbons (Fsp3) is 0.182. The molecule has 0 atom stereocenters. The summed E-state index contributed by atoms with van der Waals surface area (Å²) in [6.07, 6.45) is 3.43. The molecule has 0 aliphatic carbocycles.